The number of aromatic amines is 1. The first kappa shape index (κ1) is 10.4. The third kappa shape index (κ3) is 1.94. The number of aryl methyl sites for hydroxylation is 1. The molecule has 4 nitrogen and oxygen atoms in total. The molecule has 2 aromatic heterocycles. The van der Waals surface area contributed by atoms with Crippen molar-refractivity contribution < 1.29 is 5.11 Å². The summed E-state index contributed by atoms with van der Waals surface area (Å²) in [7, 11) is 0. The summed E-state index contributed by atoms with van der Waals surface area (Å²) < 4.78 is 0. The van der Waals surface area contributed by atoms with E-state index in [1.54, 1.807) is 0 Å². The molecule has 0 bridgehead atoms. The maximum Gasteiger partial charge on any atom is 0.125 e. The highest BCUT2D eigenvalue weighted by Crippen LogP contribution is 2.31. The van der Waals surface area contributed by atoms with E-state index < -0.39 is 6.10 Å². The maximum atomic E-state index is 9.66. The van der Waals surface area contributed by atoms with Gasteiger partial charge in [-0.25, -0.2) is 4.98 Å². The predicted molar refractivity (Wildman–Crippen MR) is 60.7 cm³/mol. The van der Waals surface area contributed by atoms with Crippen molar-refractivity contribution >= 4 is 11.3 Å². The van der Waals surface area contributed by atoms with Crippen LogP contribution in [0.25, 0.3) is 10.6 Å². The predicted octanol–water partition coefficient (Wildman–Crippen LogP) is 1.44. The summed E-state index contributed by atoms with van der Waals surface area (Å²) in [6.07, 6.45) is 3.14. The van der Waals surface area contributed by atoms with Gasteiger partial charge in [-0.2, -0.15) is 0 Å². The standard InChI is InChI=1S/C10H13N3OS/c1-6-9(8(14)4-11)15-10(13-6)7-2-3-12-5-7/h2-3,5,8,12,14H,4,11H2,1H3. The monoisotopic (exact) mass is 223 g/mol. The van der Waals surface area contributed by atoms with Crippen LogP contribution in [-0.4, -0.2) is 21.6 Å². The lowest BCUT2D eigenvalue weighted by Gasteiger charge is -2.03. The molecule has 5 heteroatoms. The zero-order valence-electron chi connectivity index (χ0n) is 8.40. The summed E-state index contributed by atoms with van der Waals surface area (Å²) in [6.45, 7) is 2.12. The smallest absolute Gasteiger partial charge is 0.125 e. The molecule has 0 amide bonds. The average Bonchev–Trinajstić information content (AvgIpc) is 2.84. The molecule has 1 unspecified atom stereocenters. The summed E-state index contributed by atoms with van der Waals surface area (Å²) >= 11 is 1.49. The Bertz CT molecular complexity index is 435. The van der Waals surface area contributed by atoms with Gasteiger partial charge in [0.15, 0.2) is 0 Å². The van der Waals surface area contributed by atoms with Gasteiger partial charge in [0, 0.05) is 24.5 Å². The number of nitrogens with two attached hydrogens (primary N) is 1. The summed E-state index contributed by atoms with van der Waals surface area (Å²) in [5.41, 5.74) is 7.32. The van der Waals surface area contributed by atoms with Crippen LogP contribution in [0.15, 0.2) is 18.5 Å². The molecule has 0 aliphatic rings. The topological polar surface area (TPSA) is 74.9 Å². The van der Waals surface area contributed by atoms with Crippen LogP contribution < -0.4 is 5.73 Å². The summed E-state index contributed by atoms with van der Waals surface area (Å²) in [6, 6.07) is 1.96. The molecule has 0 radical (unpaired) electrons. The Balaban J connectivity index is 2.37. The van der Waals surface area contributed by atoms with E-state index >= 15 is 0 Å². The molecular formula is C10H13N3OS. The van der Waals surface area contributed by atoms with Crippen LogP contribution >= 0.6 is 11.3 Å². The highest BCUT2D eigenvalue weighted by molar-refractivity contribution is 7.15. The van der Waals surface area contributed by atoms with Gasteiger partial charge in [-0.1, -0.05) is 0 Å². The number of nitrogens with one attached hydrogen (secondary N) is 1. The molecule has 2 aromatic rings. The Hall–Kier alpha value is -1.17. The fourth-order valence-electron chi connectivity index (χ4n) is 1.40. The van der Waals surface area contributed by atoms with E-state index in [1.165, 1.54) is 11.3 Å². The Morgan fingerprint density at radius 1 is 1.67 bits per heavy atom. The minimum Gasteiger partial charge on any atom is -0.386 e. The summed E-state index contributed by atoms with van der Waals surface area (Å²) in [4.78, 5) is 8.24. The quantitative estimate of drug-likeness (QED) is 0.737. The fourth-order valence-corrected chi connectivity index (χ4v) is 2.47. The van der Waals surface area contributed by atoms with Crippen LogP contribution in [0.3, 0.4) is 0 Å². The lowest BCUT2D eigenvalue weighted by molar-refractivity contribution is 0.189. The van der Waals surface area contributed by atoms with E-state index in [1.807, 2.05) is 25.4 Å². The SMILES string of the molecule is Cc1nc(-c2cc[nH]c2)sc1C(O)CN. The lowest BCUT2D eigenvalue weighted by atomic mass is 10.2. The number of aliphatic hydroxyl groups excluding tert-OH is 1. The second kappa shape index (κ2) is 4.14. The Morgan fingerprint density at radius 3 is 3.07 bits per heavy atom. The first-order valence-corrected chi connectivity index (χ1v) is 5.52. The number of hydrogen-bond acceptors (Lipinski definition) is 4. The van der Waals surface area contributed by atoms with Gasteiger partial charge in [0.1, 0.15) is 11.1 Å². The summed E-state index contributed by atoms with van der Waals surface area (Å²) in [5.74, 6) is 0. The molecule has 2 rings (SSSR count). The molecule has 0 saturated carbocycles. The van der Waals surface area contributed by atoms with Crippen molar-refractivity contribution in [3.05, 3.63) is 29.0 Å². The molecule has 15 heavy (non-hydrogen) atoms. The molecule has 80 valence electrons. The number of hydrogen-bond donors (Lipinski definition) is 3. The molecule has 0 fully saturated rings. The van der Waals surface area contributed by atoms with Gasteiger partial charge in [-0.15, -0.1) is 11.3 Å². The Labute approximate surface area is 91.8 Å². The molecule has 2 heterocycles. The molecule has 4 N–H and O–H groups in total. The molecule has 0 aliphatic heterocycles. The van der Waals surface area contributed by atoms with Crippen LogP contribution in [0, 0.1) is 6.92 Å². The number of aliphatic hydroxyl groups is 1. The van der Waals surface area contributed by atoms with Crippen molar-refractivity contribution in [3.8, 4) is 10.6 Å². The van der Waals surface area contributed by atoms with E-state index in [2.05, 4.69) is 9.97 Å². The van der Waals surface area contributed by atoms with Crippen molar-refractivity contribution in [2.75, 3.05) is 6.54 Å². The highest BCUT2D eigenvalue weighted by atomic mass is 32.1. The van der Waals surface area contributed by atoms with Crippen molar-refractivity contribution in [3.63, 3.8) is 0 Å². The third-order valence-corrected chi connectivity index (χ3v) is 3.51. The van der Waals surface area contributed by atoms with E-state index in [9.17, 15) is 5.11 Å². The fraction of sp³-hybridized carbons (Fsp3) is 0.300. The van der Waals surface area contributed by atoms with Crippen LogP contribution in [0.5, 0.6) is 0 Å². The molecule has 0 aromatic carbocycles. The van der Waals surface area contributed by atoms with Crippen LogP contribution in [-0.2, 0) is 0 Å². The number of rotatable bonds is 3. The summed E-state index contributed by atoms with van der Waals surface area (Å²) in [5, 5.41) is 10.6. The number of H-pyrrole nitrogens is 1. The van der Waals surface area contributed by atoms with Crippen LogP contribution in [0.4, 0.5) is 0 Å². The van der Waals surface area contributed by atoms with Crippen molar-refractivity contribution in [1.29, 1.82) is 0 Å². The second-order valence-electron chi connectivity index (χ2n) is 3.32. The highest BCUT2D eigenvalue weighted by Gasteiger charge is 2.15. The second-order valence-corrected chi connectivity index (χ2v) is 4.35. The van der Waals surface area contributed by atoms with Gasteiger partial charge in [0.2, 0.25) is 0 Å². The molecule has 0 aliphatic carbocycles. The van der Waals surface area contributed by atoms with Gasteiger partial charge in [0.25, 0.3) is 0 Å². The molecular weight excluding hydrogens is 210 g/mol. The normalized spacial score (nSPS) is 13.0. The zero-order chi connectivity index (χ0) is 10.8. The van der Waals surface area contributed by atoms with Crippen molar-refractivity contribution in [2.45, 2.75) is 13.0 Å². The van der Waals surface area contributed by atoms with Gasteiger partial charge >= 0.3 is 0 Å². The minimum absolute atomic E-state index is 0.232. The average molecular weight is 223 g/mol. The Morgan fingerprint density at radius 2 is 2.47 bits per heavy atom. The lowest BCUT2D eigenvalue weighted by Crippen LogP contribution is -2.10. The molecule has 1 atom stereocenters. The largest absolute Gasteiger partial charge is 0.386 e. The number of nitrogens with zero attached hydrogens (tertiary/aromatic N) is 1. The molecule has 0 spiro atoms. The van der Waals surface area contributed by atoms with Crippen molar-refractivity contribution in [2.24, 2.45) is 5.73 Å². The third-order valence-electron chi connectivity index (χ3n) is 2.20. The van der Waals surface area contributed by atoms with Gasteiger partial charge in [0.05, 0.1) is 10.6 Å². The van der Waals surface area contributed by atoms with Crippen molar-refractivity contribution in [1.82, 2.24) is 9.97 Å². The zero-order valence-corrected chi connectivity index (χ0v) is 9.21. The Kier molecular flexibility index (Phi) is 2.86. The first-order valence-electron chi connectivity index (χ1n) is 4.71. The van der Waals surface area contributed by atoms with E-state index in [4.69, 9.17) is 5.73 Å². The van der Waals surface area contributed by atoms with E-state index in [0.29, 0.717) is 0 Å². The number of aromatic nitrogens is 2. The maximum absolute atomic E-state index is 9.66. The van der Waals surface area contributed by atoms with Gasteiger partial charge < -0.3 is 15.8 Å². The van der Waals surface area contributed by atoms with E-state index in [-0.39, 0.29) is 6.54 Å². The first-order chi connectivity index (χ1) is 7.22. The minimum atomic E-state index is -0.602. The number of thiazole rings is 1. The van der Waals surface area contributed by atoms with Crippen LogP contribution in [0.1, 0.15) is 16.7 Å². The van der Waals surface area contributed by atoms with Crippen LogP contribution in [0.2, 0.25) is 0 Å². The van der Waals surface area contributed by atoms with Gasteiger partial charge in [-0.05, 0) is 13.0 Å². The molecule has 0 saturated heterocycles. The van der Waals surface area contributed by atoms with Gasteiger partial charge in [-0.3, -0.25) is 0 Å². The van der Waals surface area contributed by atoms with E-state index in [0.717, 1.165) is 21.1 Å².